The molecule has 4 aromatic rings. The predicted molar refractivity (Wildman–Crippen MR) is 146 cm³/mol. The number of hydrogen-bond acceptors (Lipinski definition) is 7. The van der Waals surface area contributed by atoms with Crippen LogP contribution < -0.4 is 10.0 Å². The van der Waals surface area contributed by atoms with Crippen LogP contribution in [0.15, 0.2) is 112 Å². The second kappa shape index (κ2) is 10.9. The number of amidine groups is 1. The van der Waals surface area contributed by atoms with Gasteiger partial charge < -0.3 is 5.32 Å². The number of hydrogen-bond donors (Lipinski definition) is 2. The molecule has 5 rings (SSSR count). The summed E-state index contributed by atoms with van der Waals surface area (Å²) in [6.45, 7) is 0. The maximum atomic E-state index is 12.4. The van der Waals surface area contributed by atoms with E-state index in [0.29, 0.717) is 21.3 Å². The van der Waals surface area contributed by atoms with Gasteiger partial charge in [-0.15, -0.1) is 0 Å². The highest BCUT2D eigenvalue weighted by atomic mass is 32.2. The Hall–Kier alpha value is -4.48. The molecule has 0 aliphatic carbocycles. The van der Waals surface area contributed by atoms with Crippen molar-refractivity contribution in [3.8, 4) is 5.69 Å². The minimum absolute atomic E-state index is 0.0234. The van der Waals surface area contributed by atoms with Gasteiger partial charge in [-0.05, 0) is 71.4 Å². The first-order valence-corrected chi connectivity index (χ1v) is 13.7. The molecule has 9 nitrogen and oxygen atoms in total. The lowest BCUT2D eigenvalue weighted by molar-refractivity contribution is -0.118. The van der Waals surface area contributed by atoms with E-state index in [1.807, 2.05) is 36.5 Å². The van der Waals surface area contributed by atoms with E-state index < -0.39 is 15.9 Å². The zero-order chi connectivity index (χ0) is 26.5. The summed E-state index contributed by atoms with van der Waals surface area (Å²) in [7, 11) is -3.92. The molecule has 1 aromatic heterocycles. The molecule has 0 radical (unpaired) electrons. The summed E-state index contributed by atoms with van der Waals surface area (Å²) < 4.78 is 28.5. The normalized spacial score (nSPS) is 15.5. The van der Waals surface area contributed by atoms with Gasteiger partial charge in [0.1, 0.15) is 0 Å². The van der Waals surface area contributed by atoms with Crippen LogP contribution in [0.1, 0.15) is 11.1 Å². The number of carbonyl (C=O) groups excluding carboxylic acids is 2. The third-order valence-corrected chi connectivity index (χ3v) is 7.74. The number of nitrogens with one attached hydrogen (secondary N) is 2. The molecule has 0 unspecified atom stereocenters. The molecule has 1 saturated heterocycles. The highest BCUT2D eigenvalue weighted by molar-refractivity contribution is 8.18. The minimum atomic E-state index is -3.92. The molecule has 0 atom stereocenters. The van der Waals surface area contributed by atoms with Crippen molar-refractivity contribution in [2.24, 2.45) is 4.99 Å². The molecule has 0 spiro atoms. The molecule has 11 heteroatoms. The number of aliphatic imine (C=N–C) groups is 1. The Morgan fingerprint density at radius 1 is 1.00 bits per heavy atom. The Kier molecular flexibility index (Phi) is 7.20. The molecule has 38 heavy (non-hydrogen) atoms. The molecule has 2 N–H and O–H groups in total. The van der Waals surface area contributed by atoms with Crippen LogP contribution in [0.3, 0.4) is 0 Å². The van der Waals surface area contributed by atoms with Crippen LogP contribution in [0.5, 0.6) is 0 Å². The van der Waals surface area contributed by atoms with Crippen molar-refractivity contribution in [2.45, 2.75) is 11.3 Å². The first-order valence-electron chi connectivity index (χ1n) is 11.4. The van der Waals surface area contributed by atoms with Crippen molar-refractivity contribution < 1.29 is 18.0 Å². The van der Waals surface area contributed by atoms with Gasteiger partial charge >= 0.3 is 0 Å². The summed E-state index contributed by atoms with van der Waals surface area (Å²) in [6.07, 6.45) is 5.25. The predicted octanol–water partition coefficient (Wildman–Crippen LogP) is 3.81. The number of sulfonamides is 1. The zero-order valence-corrected chi connectivity index (χ0v) is 21.4. The molecule has 190 valence electrons. The van der Waals surface area contributed by atoms with Crippen LogP contribution in [0.4, 0.5) is 5.69 Å². The number of aromatic nitrogens is 2. The second-order valence-electron chi connectivity index (χ2n) is 8.21. The standard InChI is InChI=1S/C27H21N5O4S2/c33-25(31-38(35,36)23-5-2-1-3-6-23)18-20-7-11-21(12-8-20)29-27-30-26(34)24(37-27)17-19-9-13-22(14-10-19)32-16-4-15-28-32/h1-17H,18H2,(H,31,33)(H,29,30,34)/b24-17+. The van der Waals surface area contributed by atoms with E-state index >= 15 is 0 Å². The lowest BCUT2D eigenvalue weighted by Crippen LogP contribution is -2.31. The van der Waals surface area contributed by atoms with E-state index in [1.165, 1.54) is 23.9 Å². The Morgan fingerprint density at radius 3 is 2.42 bits per heavy atom. The third kappa shape index (κ3) is 6.07. The third-order valence-electron chi connectivity index (χ3n) is 5.44. The van der Waals surface area contributed by atoms with Crippen molar-refractivity contribution in [3.63, 3.8) is 0 Å². The van der Waals surface area contributed by atoms with Crippen LogP contribution in [-0.2, 0) is 26.0 Å². The van der Waals surface area contributed by atoms with Gasteiger partial charge in [0.25, 0.3) is 15.9 Å². The van der Waals surface area contributed by atoms with Crippen molar-refractivity contribution in [1.29, 1.82) is 0 Å². The van der Waals surface area contributed by atoms with Gasteiger partial charge in [0.2, 0.25) is 5.91 Å². The summed E-state index contributed by atoms with van der Waals surface area (Å²) >= 11 is 1.23. The van der Waals surface area contributed by atoms with Crippen LogP contribution >= 0.6 is 11.8 Å². The minimum Gasteiger partial charge on any atom is -0.300 e. The fourth-order valence-corrected chi connectivity index (χ4v) is 5.46. The topological polar surface area (TPSA) is 123 Å². The van der Waals surface area contributed by atoms with Gasteiger partial charge in [-0.25, -0.2) is 22.8 Å². The number of rotatable bonds is 7. The fraction of sp³-hybridized carbons (Fsp3) is 0.0370. The summed E-state index contributed by atoms with van der Waals surface area (Å²) in [5.74, 6) is -0.878. The van der Waals surface area contributed by atoms with Crippen LogP contribution in [-0.4, -0.2) is 35.2 Å². The van der Waals surface area contributed by atoms with Gasteiger partial charge in [-0.1, -0.05) is 42.5 Å². The molecule has 2 heterocycles. The van der Waals surface area contributed by atoms with E-state index in [0.717, 1.165) is 11.3 Å². The lowest BCUT2D eigenvalue weighted by atomic mass is 10.1. The number of nitrogens with zero attached hydrogens (tertiary/aromatic N) is 3. The maximum absolute atomic E-state index is 12.4. The number of thioether (sulfide) groups is 1. The van der Waals surface area contributed by atoms with Gasteiger partial charge in [-0.2, -0.15) is 5.10 Å². The Labute approximate surface area is 223 Å². The first-order chi connectivity index (χ1) is 18.4. The van der Waals surface area contributed by atoms with Gasteiger partial charge in [0.15, 0.2) is 5.17 Å². The molecule has 0 bridgehead atoms. The molecule has 1 fully saturated rings. The smallest absolute Gasteiger partial charge is 0.264 e. The van der Waals surface area contributed by atoms with Crippen LogP contribution in [0.2, 0.25) is 0 Å². The van der Waals surface area contributed by atoms with Crippen molar-refractivity contribution in [2.75, 3.05) is 0 Å². The molecule has 1 aliphatic heterocycles. The molecular formula is C27H21N5O4S2. The fourth-order valence-electron chi connectivity index (χ4n) is 3.61. The number of amides is 2. The molecule has 1 aliphatic rings. The van der Waals surface area contributed by atoms with Gasteiger partial charge in [-0.3, -0.25) is 9.59 Å². The van der Waals surface area contributed by atoms with Crippen molar-refractivity contribution in [3.05, 3.63) is 113 Å². The molecule has 2 amide bonds. The van der Waals surface area contributed by atoms with E-state index in [-0.39, 0.29) is 17.2 Å². The van der Waals surface area contributed by atoms with E-state index in [9.17, 15) is 18.0 Å². The summed E-state index contributed by atoms with van der Waals surface area (Å²) in [6, 6.07) is 24.0. The summed E-state index contributed by atoms with van der Waals surface area (Å²) in [5.41, 5.74) is 2.99. The summed E-state index contributed by atoms with van der Waals surface area (Å²) in [4.78, 5) is 29.7. The Balaban J connectivity index is 1.20. The second-order valence-corrected chi connectivity index (χ2v) is 10.9. The summed E-state index contributed by atoms with van der Waals surface area (Å²) in [5, 5.41) is 7.39. The zero-order valence-electron chi connectivity index (χ0n) is 19.8. The first kappa shape index (κ1) is 25.2. The quantitative estimate of drug-likeness (QED) is 0.342. The highest BCUT2D eigenvalue weighted by Crippen LogP contribution is 2.28. The highest BCUT2D eigenvalue weighted by Gasteiger charge is 2.24. The average molecular weight is 544 g/mol. The van der Waals surface area contributed by atoms with E-state index in [2.05, 4.69) is 20.1 Å². The molecule has 3 aromatic carbocycles. The number of benzene rings is 3. The van der Waals surface area contributed by atoms with E-state index in [4.69, 9.17) is 0 Å². The van der Waals surface area contributed by atoms with Crippen LogP contribution in [0.25, 0.3) is 11.8 Å². The largest absolute Gasteiger partial charge is 0.300 e. The Bertz CT molecular complexity index is 1630. The van der Waals surface area contributed by atoms with Gasteiger partial charge in [0, 0.05) is 12.4 Å². The maximum Gasteiger partial charge on any atom is 0.264 e. The van der Waals surface area contributed by atoms with Gasteiger partial charge in [0.05, 0.1) is 27.6 Å². The SMILES string of the molecule is O=C(Cc1ccc(N=C2NC(=O)/C(=C\c3ccc(-n4cccn4)cc3)S2)cc1)NS(=O)(=O)c1ccccc1. The number of carbonyl (C=O) groups is 2. The monoisotopic (exact) mass is 543 g/mol. The molecular weight excluding hydrogens is 522 g/mol. The van der Waals surface area contributed by atoms with Crippen molar-refractivity contribution in [1.82, 2.24) is 19.8 Å². The average Bonchev–Trinajstić information content (AvgIpc) is 3.56. The van der Waals surface area contributed by atoms with Crippen LogP contribution in [0, 0.1) is 0 Å². The lowest BCUT2D eigenvalue weighted by Gasteiger charge is -2.07. The Morgan fingerprint density at radius 2 is 1.74 bits per heavy atom. The van der Waals surface area contributed by atoms with Crippen molar-refractivity contribution >= 4 is 50.5 Å². The van der Waals surface area contributed by atoms with E-state index in [1.54, 1.807) is 59.4 Å². The molecule has 0 saturated carbocycles.